The Hall–Kier alpha value is 1.62. The summed E-state index contributed by atoms with van der Waals surface area (Å²) in [4.78, 5) is -3.56. The molecule has 74 valence electrons. The van der Waals surface area contributed by atoms with E-state index < -0.39 is 19.6 Å². The van der Waals surface area contributed by atoms with Crippen molar-refractivity contribution < 1.29 is 13.2 Å². The number of hydrogen-bond donors (Lipinski definition) is 0. The summed E-state index contributed by atoms with van der Waals surface area (Å²) in [7, 11) is 0. The Morgan fingerprint density at radius 2 is 1.50 bits per heavy atom. The van der Waals surface area contributed by atoms with Gasteiger partial charge < -0.3 is 0 Å². The summed E-state index contributed by atoms with van der Waals surface area (Å²) in [6.07, 6.45) is 0. The Balaban J connectivity index is 4.61. The molecule has 0 bridgehead atoms. The summed E-state index contributed by atoms with van der Waals surface area (Å²) < 4.78 is 34.9. The van der Waals surface area contributed by atoms with Gasteiger partial charge in [-0.1, -0.05) is 39.1 Å². The zero-order chi connectivity index (χ0) is 10.2. The van der Waals surface area contributed by atoms with E-state index in [9.17, 15) is 13.2 Å². The van der Waals surface area contributed by atoms with Crippen LogP contribution in [-0.2, 0) is 0 Å². The highest BCUT2D eigenvalue weighted by atomic mass is 79.9. The molecule has 0 N–H and O–H groups in total. The molecule has 0 aliphatic rings. The van der Waals surface area contributed by atoms with Crippen LogP contribution in [0.3, 0.4) is 0 Å². The van der Waals surface area contributed by atoms with Gasteiger partial charge in [0.1, 0.15) is 5.38 Å². The van der Waals surface area contributed by atoms with E-state index in [4.69, 9.17) is 34.8 Å². The smallest absolute Gasteiger partial charge is 0.228 e. The monoisotopic (exact) mass is 370 g/mol. The summed E-state index contributed by atoms with van der Waals surface area (Å²) in [6, 6.07) is 0. The maximum atomic E-state index is 12.5. The predicted molar refractivity (Wildman–Crippen MR) is 51.8 cm³/mol. The molecule has 3 atom stereocenters. The zero-order valence-electron chi connectivity index (χ0n) is 5.18. The lowest BCUT2D eigenvalue weighted by atomic mass is 10.3. The van der Waals surface area contributed by atoms with Gasteiger partial charge in [-0.15, -0.1) is 11.6 Å². The fourth-order valence-electron chi connectivity index (χ4n) is 0.315. The summed E-state index contributed by atoms with van der Waals surface area (Å²) in [6.45, 7) is 0. The first kappa shape index (κ1) is 13.6. The fraction of sp³-hybridized carbons (Fsp3) is 1.00. The Kier molecular flexibility index (Phi) is 5.02. The van der Waals surface area contributed by atoms with E-state index in [2.05, 4.69) is 15.9 Å². The van der Waals surface area contributed by atoms with Crippen LogP contribution < -0.4 is 0 Å². The minimum atomic E-state index is -3.56. The SMILES string of the molecule is FC(Cl)C(Cl)C(Cl)(Br)C(F)(F)Br. The van der Waals surface area contributed by atoms with Gasteiger partial charge in [0.25, 0.3) is 0 Å². The molecule has 0 fully saturated rings. The Morgan fingerprint density at radius 1 is 1.17 bits per heavy atom. The molecule has 0 heterocycles. The molecular weight excluding hydrogens is 371 g/mol. The minimum Gasteiger partial charge on any atom is -0.228 e. The van der Waals surface area contributed by atoms with Crippen LogP contribution in [0.5, 0.6) is 0 Å². The van der Waals surface area contributed by atoms with Gasteiger partial charge in [0.2, 0.25) is 0 Å². The standard InChI is InChI=1S/C4H2Br2Cl3F3/c5-3(9,4(6,11)12)1(7)2(8)10/h1-2H. The lowest BCUT2D eigenvalue weighted by Crippen LogP contribution is -2.43. The highest BCUT2D eigenvalue weighted by Gasteiger charge is 2.56. The molecule has 0 rings (SSSR count). The third-order valence-corrected chi connectivity index (χ3v) is 5.10. The molecule has 0 aromatic heterocycles. The van der Waals surface area contributed by atoms with Gasteiger partial charge >= 0.3 is 4.83 Å². The molecule has 0 spiro atoms. The highest BCUT2D eigenvalue weighted by Crippen LogP contribution is 2.50. The Bertz CT molecular complexity index is 158. The molecule has 0 amide bonds. The topological polar surface area (TPSA) is 0 Å². The van der Waals surface area contributed by atoms with Gasteiger partial charge in [-0.3, -0.25) is 0 Å². The Morgan fingerprint density at radius 3 is 1.58 bits per heavy atom. The van der Waals surface area contributed by atoms with Crippen molar-refractivity contribution in [2.45, 2.75) is 19.6 Å². The van der Waals surface area contributed by atoms with Crippen LogP contribution in [-0.4, -0.2) is 19.6 Å². The van der Waals surface area contributed by atoms with Crippen molar-refractivity contribution in [3.05, 3.63) is 0 Å². The molecular formula is C4H2Br2Cl3F3. The average Bonchev–Trinajstić information content (AvgIpc) is 1.83. The maximum absolute atomic E-state index is 12.5. The third-order valence-electron chi connectivity index (χ3n) is 0.946. The lowest BCUT2D eigenvalue weighted by molar-refractivity contribution is 0.0931. The number of halogens is 8. The number of alkyl halides is 8. The molecule has 0 radical (unpaired) electrons. The van der Waals surface area contributed by atoms with Gasteiger partial charge in [-0.05, 0) is 15.9 Å². The predicted octanol–water partition coefficient (Wildman–Crippen LogP) is 4.45. The summed E-state index contributed by atoms with van der Waals surface area (Å²) in [5.74, 6) is 0. The van der Waals surface area contributed by atoms with E-state index in [1.54, 1.807) is 0 Å². The van der Waals surface area contributed by atoms with Crippen LogP contribution >= 0.6 is 66.7 Å². The van der Waals surface area contributed by atoms with Crippen molar-refractivity contribution in [3.63, 3.8) is 0 Å². The van der Waals surface area contributed by atoms with E-state index in [1.807, 2.05) is 15.9 Å². The number of hydrogen-bond acceptors (Lipinski definition) is 0. The summed E-state index contributed by atoms with van der Waals surface area (Å²) in [5, 5.41) is -1.77. The van der Waals surface area contributed by atoms with E-state index >= 15 is 0 Å². The molecule has 0 aromatic carbocycles. The van der Waals surface area contributed by atoms with Gasteiger partial charge in [0, 0.05) is 0 Å². The van der Waals surface area contributed by atoms with Crippen molar-refractivity contribution in [2.75, 3.05) is 0 Å². The van der Waals surface area contributed by atoms with Crippen LogP contribution in [0.4, 0.5) is 13.2 Å². The van der Waals surface area contributed by atoms with Crippen molar-refractivity contribution >= 4 is 66.7 Å². The van der Waals surface area contributed by atoms with Crippen molar-refractivity contribution in [1.82, 2.24) is 0 Å². The van der Waals surface area contributed by atoms with E-state index in [1.165, 1.54) is 0 Å². The van der Waals surface area contributed by atoms with Crippen LogP contribution in [0.1, 0.15) is 0 Å². The van der Waals surface area contributed by atoms with Crippen LogP contribution in [0.15, 0.2) is 0 Å². The first-order chi connectivity index (χ1) is 5.10. The molecule has 0 saturated heterocycles. The highest BCUT2D eigenvalue weighted by molar-refractivity contribution is 9.13. The molecule has 3 unspecified atom stereocenters. The molecule has 0 aliphatic carbocycles. The van der Waals surface area contributed by atoms with E-state index in [0.717, 1.165) is 0 Å². The van der Waals surface area contributed by atoms with Crippen molar-refractivity contribution in [3.8, 4) is 0 Å². The van der Waals surface area contributed by atoms with Crippen LogP contribution in [0.2, 0.25) is 0 Å². The van der Waals surface area contributed by atoms with Crippen LogP contribution in [0, 0.1) is 0 Å². The van der Waals surface area contributed by atoms with Crippen molar-refractivity contribution in [2.24, 2.45) is 0 Å². The quantitative estimate of drug-likeness (QED) is 0.642. The second-order valence-electron chi connectivity index (χ2n) is 1.86. The van der Waals surface area contributed by atoms with E-state index in [0.29, 0.717) is 0 Å². The van der Waals surface area contributed by atoms with E-state index in [-0.39, 0.29) is 0 Å². The largest absolute Gasteiger partial charge is 0.331 e. The van der Waals surface area contributed by atoms with Gasteiger partial charge in [0.05, 0.1) is 0 Å². The molecule has 0 nitrogen and oxygen atoms in total. The molecule has 0 aromatic rings. The van der Waals surface area contributed by atoms with Crippen LogP contribution in [0.25, 0.3) is 0 Å². The molecule has 0 aliphatic heterocycles. The molecule has 0 saturated carbocycles. The number of rotatable bonds is 3. The van der Waals surface area contributed by atoms with Gasteiger partial charge in [0.15, 0.2) is 9.41 Å². The van der Waals surface area contributed by atoms with Gasteiger partial charge in [-0.2, -0.15) is 8.78 Å². The fourth-order valence-corrected chi connectivity index (χ4v) is 1.58. The minimum absolute atomic E-state index is 1.77. The summed E-state index contributed by atoms with van der Waals surface area (Å²) in [5.41, 5.74) is -2.17. The third kappa shape index (κ3) is 3.08. The summed E-state index contributed by atoms with van der Waals surface area (Å²) >= 11 is 19.6. The Labute approximate surface area is 99.0 Å². The zero-order valence-corrected chi connectivity index (χ0v) is 10.6. The maximum Gasteiger partial charge on any atom is 0.331 e. The first-order valence-electron chi connectivity index (χ1n) is 2.47. The lowest BCUT2D eigenvalue weighted by Gasteiger charge is -2.29. The normalized spacial score (nSPS) is 23.0. The van der Waals surface area contributed by atoms with Gasteiger partial charge in [-0.25, -0.2) is 4.39 Å². The molecule has 8 heteroatoms. The second-order valence-corrected chi connectivity index (χ2v) is 6.04. The molecule has 12 heavy (non-hydrogen) atoms. The average molecular weight is 373 g/mol. The first-order valence-corrected chi connectivity index (χ1v) is 5.31. The second kappa shape index (κ2) is 4.43. The van der Waals surface area contributed by atoms with Crippen molar-refractivity contribution in [1.29, 1.82) is 0 Å².